The van der Waals surface area contributed by atoms with Gasteiger partial charge in [0.25, 0.3) is 0 Å². The number of aromatic nitrogens is 3. The van der Waals surface area contributed by atoms with E-state index in [2.05, 4.69) is 33.3 Å². The van der Waals surface area contributed by atoms with Crippen LogP contribution in [0.5, 0.6) is 0 Å². The minimum absolute atomic E-state index is 0.307. The smallest absolute Gasteiger partial charge is 0.115 e. The molecule has 0 aliphatic heterocycles. The average molecular weight is 256 g/mol. The van der Waals surface area contributed by atoms with E-state index in [1.807, 2.05) is 24.7 Å². The third-order valence-electron chi connectivity index (χ3n) is 3.07. The van der Waals surface area contributed by atoms with Crippen molar-refractivity contribution in [3.05, 3.63) is 54.4 Å². The minimum Gasteiger partial charge on any atom is -0.310 e. The molecule has 4 nitrogen and oxygen atoms in total. The Hall–Kier alpha value is -1.81. The van der Waals surface area contributed by atoms with Gasteiger partial charge < -0.3 is 5.32 Å². The Morgan fingerprint density at radius 2 is 2.00 bits per heavy atom. The van der Waals surface area contributed by atoms with Gasteiger partial charge in [-0.3, -0.25) is 4.98 Å². The zero-order valence-electron chi connectivity index (χ0n) is 11.3. The molecule has 0 bridgehead atoms. The number of aryl methyl sites for hydroxylation is 1. The second kappa shape index (κ2) is 7.59. The largest absolute Gasteiger partial charge is 0.310 e. The highest BCUT2D eigenvalue weighted by Gasteiger charge is 2.11. The third-order valence-corrected chi connectivity index (χ3v) is 3.07. The Labute approximate surface area is 114 Å². The monoisotopic (exact) mass is 256 g/mol. The van der Waals surface area contributed by atoms with Gasteiger partial charge in [-0.15, -0.1) is 0 Å². The van der Waals surface area contributed by atoms with Gasteiger partial charge in [-0.05, 0) is 37.4 Å². The van der Waals surface area contributed by atoms with Crippen LogP contribution < -0.4 is 5.32 Å². The van der Waals surface area contributed by atoms with E-state index >= 15 is 0 Å². The molecular weight excluding hydrogens is 236 g/mol. The van der Waals surface area contributed by atoms with Gasteiger partial charge >= 0.3 is 0 Å². The molecule has 2 aromatic rings. The van der Waals surface area contributed by atoms with Crippen molar-refractivity contribution in [1.82, 2.24) is 20.3 Å². The molecule has 100 valence electrons. The summed E-state index contributed by atoms with van der Waals surface area (Å²) in [5, 5.41) is 3.56. The summed E-state index contributed by atoms with van der Waals surface area (Å²) in [6.07, 6.45) is 12.2. The van der Waals surface area contributed by atoms with Crippen molar-refractivity contribution in [3.63, 3.8) is 0 Å². The zero-order valence-corrected chi connectivity index (χ0v) is 11.3. The molecule has 1 atom stereocenters. The molecule has 1 N–H and O–H groups in total. The lowest BCUT2D eigenvalue weighted by atomic mass is 10.0. The molecule has 0 aromatic carbocycles. The Bertz CT molecular complexity index is 458. The zero-order chi connectivity index (χ0) is 13.3. The molecule has 19 heavy (non-hydrogen) atoms. The first-order valence-electron chi connectivity index (χ1n) is 6.77. The van der Waals surface area contributed by atoms with Gasteiger partial charge in [0.05, 0.1) is 0 Å². The van der Waals surface area contributed by atoms with Gasteiger partial charge in [-0.2, -0.15) is 0 Å². The maximum atomic E-state index is 4.15. The van der Waals surface area contributed by atoms with Gasteiger partial charge in [-0.25, -0.2) is 9.97 Å². The standard InChI is InChI=1S/C15H20N4/c1-2-7-19-15(14-10-17-12-18-11-14)6-5-13-4-3-8-16-9-13/h3-4,8-12,15,19H,2,5-7H2,1H3. The maximum absolute atomic E-state index is 4.15. The predicted molar refractivity (Wildman–Crippen MR) is 75.6 cm³/mol. The summed E-state index contributed by atoms with van der Waals surface area (Å²) in [5.74, 6) is 0. The van der Waals surface area contributed by atoms with Crippen LogP contribution in [0.2, 0.25) is 0 Å². The molecule has 2 aromatic heterocycles. The van der Waals surface area contributed by atoms with Crippen molar-refractivity contribution < 1.29 is 0 Å². The highest BCUT2D eigenvalue weighted by atomic mass is 14.9. The van der Waals surface area contributed by atoms with Crippen LogP contribution in [0.25, 0.3) is 0 Å². The number of hydrogen-bond donors (Lipinski definition) is 1. The van der Waals surface area contributed by atoms with E-state index in [-0.39, 0.29) is 0 Å². The van der Waals surface area contributed by atoms with E-state index in [9.17, 15) is 0 Å². The van der Waals surface area contributed by atoms with Crippen molar-refractivity contribution in [2.45, 2.75) is 32.2 Å². The van der Waals surface area contributed by atoms with Crippen LogP contribution in [0.4, 0.5) is 0 Å². The van der Waals surface area contributed by atoms with E-state index in [0.29, 0.717) is 6.04 Å². The summed E-state index contributed by atoms with van der Waals surface area (Å²) in [6, 6.07) is 4.40. The number of pyridine rings is 1. The van der Waals surface area contributed by atoms with Crippen molar-refractivity contribution in [2.24, 2.45) is 0 Å². The summed E-state index contributed by atoms with van der Waals surface area (Å²) in [4.78, 5) is 12.4. The van der Waals surface area contributed by atoms with Crippen molar-refractivity contribution >= 4 is 0 Å². The van der Waals surface area contributed by atoms with Gasteiger partial charge in [-0.1, -0.05) is 13.0 Å². The normalized spacial score (nSPS) is 12.3. The van der Waals surface area contributed by atoms with Crippen LogP contribution in [0.15, 0.2) is 43.2 Å². The van der Waals surface area contributed by atoms with Gasteiger partial charge in [0.1, 0.15) is 6.33 Å². The second-order valence-electron chi connectivity index (χ2n) is 4.58. The Kier molecular flexibility index (Phi) is 5.44. The molecular formula is C15H20N4. The first-order valence-corrected chi connectivity index (χ1v) is 6.77. The van der Waals surface area contributed by atoms with Crippen LogP contribution in [-0.4, -0.2) is 21.5 Å². The minimum atomic E-state index is 0.307. The summed E-state index contributed by atoms with van der Waals surface area (Å²) in [7, 11) is 0. The molecule has 0 saturated carbocycles. The number of hydrogen-bond acceptors (Lipinski definition) is 4. The first kappa shape index (κ1) is 13.6. The third kappa shape index (κ3) is 4.41. The second-order valence-corrected chi connectivity index (χ2v) is 4.58. The molecule has 0 radical (unpaired) electrons. The molecule has 0 spiro atoms. The predicted octanol–water partition coefficient (Wildman–Crippen LogP) is 2.55. The number of rotatable bonds is 7. The molecule has 1 unspecified atom stereocenters. The molecule has 4 heteroatoms. The highest BCUT2D eigenvalue weighted by molar-refractivity contribution is 5.13. The van der Waals surface area contributed by atoms with Crippen LogP contribution >= 0.6 is 0 Å². The molecule has 0 fully saturated rings. The van der Waals surface area contributed by atoms with Crippen LogP contribution in [0, 0.1) is 0 Å². The van der Waals surface area contributed by atoms with Crippen molar-refractivity contribution in [2.75, 3.05) is 6.54 Å². The van der Waals surface area contributed by atoms with Crippen molar-refractivity contribution in [1.29, 1.82) is 0 Å². The highest BCUT2D eigenvalue weighted by Crippen LogP contribution is 2.17. The van der Waals surface area contributed by atoms with E-state index < -0.39 is 0 Å². The fraction of sp³-hybridized carbons (Fsp3) is 0.400. The number of nitrogens with one attached hydrogen (secondary N) is 1. The molecule has 0 aliphatic carbocycles. The van der Waals surface area contributed by atoms with Crippen LogP contribution in [0.1, 0.15) is 36.9 Å². The Morgan fingerprint density at radius 1 is 1.16 bits per heavy atom. The number of nitrogens with zero attached hydrogens (tertiary/aromatic N) is 3. The summed E-state index contributed by atoms with van der Waals surface area (Å²) in [6.45, 7) is 3.18. The van der Waals surface area contributed by atoms with Crippen molar-refractivity contribution in [3.8, 4) is 0 Å². The van der Waals surface area contributed by atoms with E-state index in [1.54, 1.807) is 12.5 Å². The van der Waals surface area contributed by atoms with Gasteiger partial charge in [0.15, 0.2) is 0 Å². The molecule has 0 saturated heterocycles. The Balaban J connectivity index is 1.98. The van der Waals surface area contributed by atoms with E-state index in [4.69, 9.17) is 0 Å². The molecule has 0 aliphatic rings. The van der Waals surface area contributed by atoms with E-state index in [0.717, 1.165) is 31.4 Å². The Morgan fingerprint density at radius 3 is 2.68 bits per heavy atom. The SMILES string of the molecule is CCCNC(CCc1cccnc1)c1cncnc1. The maximum Gasteiger partial charge on any atom is 0.115 e. The fourth-order valence-corrected chi connectivity index (χ4v) is 2.05. The van der Waals surface area contributed by atoms with Gasteiger partial charge in [0.2, 0.25) is 0 Å². The van der Waals surface area contributed by atoms with Gasteiger partial charge in [0, 0.05) is 36.4 Å². The lowest BCUT2D eigenvalue weighted by Gasteiger charge is -2.18. The summed E-state index contributed by atoms with van der Waals surface area (Å²) < 4.78 is 0. The molecule has 0 amide bonds. The lowest BCUT2D eigenvalue weighted by Crippen LogP contribution is -2.23. The summed E-state index contributed by atoms with van der Waals surface area (Å²) in [5.41, 5.74) is 2.42. The summed E-state index contributed by atoms with van der Waals surface area (Å²) >= 11 is 0. The first-order chi connectivity index (χ1) is 9.40. The van der Waals surface area contributed by atoms with E-state index in [1.165, 1.54) is 5.56 Å². The molecule has 2 heterocycles. The average Bonchev–Trinajstić information content (AvgIpc) is 2.49. The lowest BCUT2D eigenvalue weighted by molar-refractivity contribution is 0.496. The fourth-order valence-electron chi connectivity index (χ4n) is 2.05. The van der Waals surface area contributed by atoms with Crippen LogP contribution in [-0.2, 0) is 6.42 Å². The molecule has 2 rings (SSSR count). The van der Waals surface area contributed by atoms with Crippen LogP contribution in [0.3, 0.4) is 0 Å². The topological polar surface area (TPSA) is 50.7 Å². The quantitative estimate of drug-likeness (QED) is 0.827.